The van der Waals surface area contributed by atoms with Gasteiger partial charge in [-0.15, -0.1) is 0 Å². The Hall–Kier alpha value is -1.33. The molecule has 12 heteroatoms. The first-order valence-corrected chi connectivity index (χ1v) is 11.9. The largest absolute Gasteiger partial charge is 0.388 e. The van der Waals surface area contributed by atoms with Crippen LogP contribution in [0, 0.1) is 0 Å². The Kier molecular flexibility index (Phi) is 7.75. The van der Waals surface area contributed by atoms with E-state index in [-0.39, 0.29) is 31.2 Å². The van der Waals surface area contributed by atoms with Gasteiger partial charge in [0.25, 0.3) is 5.56 Å². The molecular weight excluding hydrogens is 431 g/mol. The summed E-state index contributed by atoms with van der Waals surface area (Å²) >= 11 is 0. The third-order valence-corrected chi connectivity index (χ3v) is 8.63. The first-order valence-electron chi connectivity index (χ1n) is 10.3. The standard InChI is InChI=1S/C19H33N2O9P/c1-6-18(4,30-31(27,28)19(26,7-2)8-3)9-12-13(22)14(23)15(29-12)11-10-20-17(25)21(5)16(11)24/h10,12-15,22-23,26H,6-9H2,1-5H3,(H,20,25)(H,27,28)/t12-,13-,14-,15+,18?/m1/s1. The van der Waals surface area contributed by atoms with E-state index in [9.17, 15) is 34.4 Å². The Morgan fingerprint density at radius 1 is 1.19 bits per heavy atom. The summed E-state index contributed by atoms with van der Waals surface area (Å²) in [6.07, 6.45) is -3.80. The second-order valence-corrected chi connectivity index (χ2v) is 10.4. The molecule has 0 radical (unpaired) electrons. The number of hydrogen-bond donors (Lipinski definition) is 5. The lowest BCUT2D eigenvalue weighted by atomic mass is 9.92. The zero-order valence-electron chi connectivity index (χ0n) is 18.4. The number of hydrogen-bond acceptors (Lipinski definition) is 8. The van der Waals surface area contributed by atoms with Crippen LogP contribution in [0.1, 0.15) is 65.0 Å². The Morgan fingerprint density at radius 3 is 2.29 bits per heavy atom. The predicted molar refractivity (Wildman–Crippen MR) is 112 cm³/mol. The number of aromatic nitrogens is 2. The molecule has 0 bridgehead atoms. The van der Waals surface area contributed by atoms with Crippen LogP contribution in [0.5, 0.6) is 0 Å². The van der Waals surface area contributed by atoms with Crippen LogP contribution < -0.4 is 11.2 Å². The normalized spacial score (nSPS) is 28.3. The van der Waals surface area contributed by atoms with Gasteiger partial charge in [0.2, 0.25) is 0 Å². The molecular formula is C19H33N2O9P. The summed E-state index contributed by atoms with van der Waals surface area (Å²) in [6, 6.07) is 0. The fourth-order valence-corrected chi connectivity index (χ4v) is 5.44. The Balaban J connectivity index is 2.28. The van der Waals surface area contributed by atoms with Crippen molar-refractivity contribution in [2.45, 2.75) is 88.7 Å². The van der Waals surface area contributed by atoms with Crippen LogP contribution in [0.2, 0.25) is 0 Å². The smallest absolute Gasteiger partial charge is 0.359 e. The van der Waals surface area contributed by atoms with Gasteiger partial charge in [0.1, 0.15) is 18.3 Å². The van der Waals surface area contributed by atoms with Gasteiger partial charge in [0.05, 0.1) is 17.3 Å². The molecule has 1 fully saturated rings. The summed E-state index contributed by atoms with van der Waals surface area (Å²) < 4.78 is 25.0. The van der Waals surface area contributed by atoms with Gasteiger partial charge in [-0.1, -0.05) is 20.8 Å². The fourth-order valence-electron chi connectivity index (χ4n) is 3.67. The van der Waals surface area contributed by atoms with Gasteiger partial charge in [-0.25, -0.2) is 4.79 Å². The zero-order chi connectivity index (χ0) is 23.8. The van der Waals surface area contributed by atoms with Crippen molar-refractivity contribution in [2.75, 3.05) is 0 Å². The monoisotopic (exact) mass is 464 g/mol. The van der Waals surface area contributed by atoms with Gasteiger partial charge in [0, 0.05) is 19.7 Å². The first kappa shape index (κ1) is 25.9. The molecule has 1 aliphatic heterocycles. The third-order valence-electron chi connectivity index (χ3n) is 6.26. The molecule has 0 spiro atoms. The van der Waals surface area contributed by atoms with Crippen molar-refractivity contribution in [2.24, 2.45) is 7.05 Å². The molecule has 0 saturated carbocycles. The van der Waals surface area contributed by atoms with Crippen LogP contribution in [0.3, 0.4) is 0 Å². The molecule has 178 valence electrons. The van der Waals surface area contributed by atoms with E-state index in [4.69, 9.17) is 9.26 Å². The summed E-state index contributed by atoms with van der Waals surface area (Å²) in [5.74, 6) is 0. The molecule has 1 aromatic rings. The van der Waals surface area contributed by atoms with Crippen LogP contribution in [0.4, 0.5) is 0 Å². The summed E-state index contributed by atoms with van der Waals surface area (Å²) in [5.41, 5.74) is -2.62. The van der Waals surface area contributed by atoms with E-state index in [1.54, 1.807) is 27.7 Å². The summed E-state index contributed by atoms with van der Waals surface area (Å²) in [6.45, 7) is 6.42. The van der Waals surface area contributed by atoms with E-state index in [0.717, 1.165) is 10.8 Å². The van der Waals surface area contributed by atoms with Crippen molar-refractivity contribution in [3.8, 4) is 0 Å². The molecule has 11 nitrogen and oxygen atoms in total. The van der Waals surface area contributed by atoms with Crippen molar-refractivity contribution in [1.29, 1.82) is 0 Å². The van der Waals surface area contributed by atoms with Gasteiger partial charge >= 0.3 is 13.3 Å². The molecule has 2 unspecified atom stereocenters. The van der Waals surface area contributed by atoms with Crippen molar-refractivity contribution in [3.05, 3.63) is 32.6 Å². The Morgan fingerprint density at radius 2 is 1.77 bits per heavy atom. The highest BCUT2D eigenvalue weighted by Gasteiger charge is 2.51. The Labute approximate surface area is 180 Å². The van der Waals surface area contributed by atoms with E-state index < -0.39 is 54.2 Å². The lowest BCUT2D eigenvalue weighted by molar-refractivity contribution is -0.0546. The number of aliphatic hydroxyl groups excluding tert-OH is 2. The van der Waals surface area contributed by atoms with E-state index in [1.807, 2.05) is 0 Å². The average molecular weight is 464 g/mol. The summed E-state index contributed by atoms with van der Waals surface area (Å²) in [5, 5.41) is 29.6. The zero-order valence-corrected chi connectivity index (χ0v) is 19.3. The van der Waals surface area contributed by atoms with Crippen LogP contribution in [-0.4, -0.2) is 59.0 Å². The minimum atomic E-state index is -4.47. The van der Waals surface area contributed by atoms with E-state index in [0.29, 0.717) is 0 Å². The molecule has 6 atom stereocenters. The molecule has 1 aromatic heterocycles. The van der Waals surface area contributed by atoms with Crippen LogP contribution in [0.15, 0.2) is 15.8 Å². The van der Waals surface area contributed by atoms with Crippen LogP contribution >= 0.6 is 7.60 Å². The molecule has 31 heavy (non-hydrogen) atoms. The summed E-state index contributed by atoms with van der Waals surface area (Å²) in [7, 11) is -3.21. The molecule has 1 saturated heterocycles. The van der Waals surface area contributed by atoms with Crippen molar-refractivity contribution in [3.63, 3.8) is 0 Å². The number of nitrogens with zero attached hydrogens (tertiary/aromatic N) is 1. The van der Waals surface area contributed by atoms with Crippen LogP contribution in [-0.2, 0) is 20.9 Å². The van der Waals surface area contributed by atoms with Gasteiger partial charge in [-0.2, -0.15) is 0 Å². The SMILES string of the molecule is CCC(C)(C[C@H]1O[C@@H](c2c[nH]c(=O)n(C)c2=O)[C@H](O)[C@@H]1O)OP(=O)(O)C(O)(CC)CC. The van der Waals surface area contributed by atoms with E-state index in [1.165, 1.54) is 7.05 Å². The van der Waals surface area contributed by atoms with Crippen molar-refractivity contribution >= 4 is 7.60 Å². The molecule has 5 N–H and O–H groups in total. The minimum absolute atomic E-state index is 0.00984. The van der Waals surface area contributed by atoms with E-state index in [2.05, 4.69) is 4.98 Å². The van der Waals surface area contributed by atoms with E-state index >= 15 is 0 Å². The second kappa shape index (κ2) is 9.27. The molecule has 2 heterocycles. The van der Waals surface area contributed by atoms with Gasteiger partial charge in [0.15, 0.2) is 5.34 Å². The number of H-pyrrole nitrogens is 1. The average Bonchev–Trinajstić information content (AvgIpc) is 2.99. The second-order valence-electron chi connectivity index (χ2n) is 8.30. The topological polar surface area (TPSA) is 171 Å². The quantitative estimate of drug-likeness (QED) is 0.326. The highest BCUT2D eigenvalue weighted by atomic mass is 31.2. The van der Waals surface area contributed by atoms with Crippen LogP contribution in [0.25, 0.3) is 0 Å². The van der Waals surface area contributed by atoms with Gasteiger partial charge in [-0.3, -0.25) is 13.9 Å². The number of ether oxygens (including phenoxy) is 1. The van der Waals surface area contributed by atoms with Gasteiger partial charge in [-0.05, 0) is 26.2 Å². The maximum atomic E-state index is 12.8. The van der Waals surface area contributed by atoms with Gasteiger partial charge < -0.3 is 34.5 Å². The number of nitrogens with one attached hydrogen (secondary N) is 1. The summed E-state index contributed by atoms with van der Waals surface area (Å²) in [4.78, 5) is 36.8. The van der Waals surface area contributed by atoms with Crippen molar-refractivity contribution in [1.82, 2.24) is 9.55 Å². The molecule has 0 amide bonds. The fraction of sp³-hybridized carbons (Fsp3) is 0.789. The third kappa shape index (κ3) is 4.88. The Bertz CT molecular complexity index is 941. The molecule has 1 aliphatic rings. The number of rotatable bonds is 9. The van der Waals surface area contributed by atoms with Crippen molar-refractivity contribution < 1.29 is 34.0 Å². The predicted octanol–water partition coefficient (Wildman–Crippen LogP) is 0.505. The maximum absolute atomic E-state index is 12.8. The number of aromatic amines is 1. The molecule has 2 rings (SSSR count). The highest BCUT2D eigenvalue weighted by Crippen LogP contribution is 2.60. The maximum Gasteiger partial charge on any atom is 0.359 e. The first-order chi connectivity index (χ1) is 14.3. The lowest BCUT2D eigenvalue weighted by Crippen LogP contribution is -2.40. The number of aliphatic hydroxyl groups is 3. The molecule has 0 aromatic carbocycles. The highest BCUT2D eigenvalue weighted by molar-refractivity contribution is 7.54. The lowest BCUT2D eigenvalue weighted by Gasteiger charge is -2.38. The minimum Gasteiger partial charge on any atom is -0.388 e. The molecule has 0 aliphatic carbocycles.